The summed E-state index contributed by atoms with van der Waals surface area (Å²) in [6.45, 7) is 15.7. The van der Waals surface area contributed by atoms with Gasteiger partial charge in [-0.05, 0) is 70.2 Å². The third-order valence-corrected chi connectivity index (χ3v) is 6.26. The second kappa shape index (κ2) is 11.0. The Labute approximate surface area is 206 Å². The summed E-state index contributed by atoms with van der Waals surface area (Å²) < 4.78 is 46.1. The molecule has 0 bridgehead atoms. The van der Waals surface area contributed by atoms with Crippen molar-refractivity contribution < 1.29 is 13.2 Å². The highest BCUT2D eigenvalue weighted by molar-refractivity contribution is 5.86. The lowest BCUT2D eigenvalue weighted by Crippen LogP contribution is -2.27. The van der Waals surface area contributed by atoms with E-state index in [0.29, 0.717) is 23.6 Å². The van der Waals surface area contributed by atoms with Crippen LogP contribution in [0.1, 0.15) is 79.1 Å². The number of hydrogen-bond acceptors (Lipinski definition) is 3. The molecule has 1 fully saturated rings. The number of allylic oxidation sites excluding steroid dienone is 4. The number of pyridine rings is 1. The number of alkyl halides is 3. The van der Waals surface area contributed by atoms with Crippen LogP contribution in [0.3, 0.4) is 0 Å². The minimum Gasteiger partial charge on any atom is -0.298 e. The first-order chi connectivity index (χ1) is 16.7. The first kappa shape index (κ1) is 27.0. The zero-order valence-corrected chi connectivity index (χ0v) is 22.0. The van der Waals surface area contributed by atoms with Gasteiger partial charge in [0, 0.05) is 19.3 Å². The second-order valence-corrected chi connectivity index (χ2v) is 9.14. The summed E-state index contributed by atoms with van der Waals surface area (Å²) in [5, 5.41) is 0. The van der Waals surface area contributed by atoms with Crippen LogP contribution in [0.25, 0.3) is 22.6 Å². The Kier molecular flexibility index (Phi) is 8.46. The van der Waals surface area contributed by atoms with E-state index in [1.165, 1.54) is 0 Å². The largest absolute Gasteiger partial charge is 0.435 e. The maximum absolute atomic E-state index is 14.2. The molecule has 8 heteroatoms. The predicted molar refractivity (Wildman–Crippen MR) is 137 cm³/mol. The topological polar surface area (TPSA) is 38.4 Å². The zero-order chi connectivity index (χ0) is 25.9. The molecule has 0 atom stereocenters. The average Bonchev–Trinajstić information content (AvgIpc) is 3.47. The molecule has 3 aromatic heterocycles. The molecule has 0 amide bonds. The van der Waals surface area contributed by atoms with Gasteiger partial charge >= 0.3 is 6.18 Å². The third-order valence-electron chi connectivity index (χ3n) is 6.26. The van der Waals surface area contributed by atoms with Gasteiger partial charge in [0.15, 0.2) is 11.3 Å². The number of rotatable bonds is 8. The van der Waals surface area contributed by atoms with Crippen LogP contribution < -0.4 is 0 Å². The SMILES string of the molecule is CC.CC/C=C(/C)C(=C(C)C)n1c2ncccc2n2c(CN(CC)CC3CC3)c(C(F)(F)F)nc12. The first-order valence-corrected chi connectivity index (χ1v) is 12.7. The summed E-state index contributed by atoms with van der Waals surface area (Å²) >= 11 is 0. The highest BCUT2D eigenvalue weighted by Gasteiger charge is 2.40. The lowest BCUT2D eigenvalue weighted by Gasteiger charge is -2.21. The minimum absolute atomic E-state index is 0.182. The summed E-state index contributed by atoms with van der Waals surface area (Å²) in [6, 6.07) is 3.59. The molecule has 0 N–H and O–H groups in total. The zero-order valence-electron chi connectivity index (χ0n) is 22.0. The molecule has 0 aliphatic heterocycles. The number of fused-ring (bicyclic) bond motifs is 3. The van der Waals surface area contributed by atoms with Crippen LogP contribution in [0.4, 0.5) is 13.2 Å². The van der Waals surface area contributed by atoms with E-state index in [4.69, 9.17) is 0 Å². The van der Waals surface area contributed by atoms with Crippen molar-refractivity contribution in [3.63, 3.8) is 0 Å². The van der Waals surface area contributed by atoms with Gasteiger partial charge in [-0.2, -0.15) is 13.2 Å². The van der Waals surface area contributed by atoms with Gasteiger partial charge in [0.25, 0.3) is 0 Å². The molecule has 1 aliphatic carbocycles. The Balaban J connectivity index is 0.00000167. The smallest absolute Gasteiger partial charge is 0.298 e. The van der Waals surface area contributed by atoms with Gasteiger partial charge < -0.3 is 0 Å². The van der Waals surface area contributed by atoms with Crippen molar-refractivity contribution in [2.45, 2.75) is 80.4 Å². The Bertz CT molecular complexity index is 1220. The quantitative estimate of drug-likeness (QED) is 0.306. The lowest BCUT2D eigenvalue weighted by molar-refractivity contribution is -0.141. The third kappa shape index (κ3) is 5.47. The van der Waals surface area contributed by atoms with Crippen LogP contribution in [-0.4, -0.2) is 36.9 Å². The molecule has 0 saturated heterocycles. The van der Waals surface area contributed by atoms with E-state index >= 15 is 0 Å². The summed E-state index contributed by atoms with van der Waals surface area (Å²) in [4.78, 5) is 10.9. The molecular weight excluding hydrogens is 451 g/mol. The van der Waals surface area contributed by atoms with Crippen molar-refractivity contribution in [3.05, 3.63) is 46.9 Å². The molecule has 0 spiro atoms. The fourth-order valence-corrected chi connectivity index (χ4v) is 4.63. The highest BCUT2D eigenvalue weighted by Crippen LogP contribution is 2.38. The summed E-state index contributed by atoms with van der Waals surface area (Å²) in [5.41, 5.74) is 3.44. The number of aromatic nitrogens is 4. The van der Waals surface area contributed by atoms with E-state index < -0.39 is 11.9 Å². The first-order valence-electron chi connectivity index (χ1n) is 12.7. The van der Waals surface area contributed by atoms with Crippen LogP contribution in [0.15, 0.2) is 35.6 Å². The van der Waals surface area contributed by atoms with Crippen LogP contribution in [0.5, 0.6) is 0 Å². The summed E-state index contributed by atoms with van der Waals surface area (Å²) in [5.74, 6) is 0.846. The van der Waals surface area contributed by atoms with Crippen molar-refractivity contribution in [2.75, 3.05) is 13.1 Å². The van der Waals surface area contributed by atoms with E-state index in [0.717, 1.165) is 42.7 Å². The monoisotopic (exact) mass is 489 g/mol. The molecule has 4 rings (SSSR count). The van der Waals surface area contributed by atoms with Gasteiger partial charge in [-0.3, -0.25) is 13.9 Å². The number of imidazole rings is 2. The molecule has 0 aromatic carbocycles. The Hall–Kier alpha value is -2.61. The van der Waals surface area contributed by atoms with Crippen molar-refractivity contribution in [1.29, 1.82) is 0 Å². The molecule has 0 unspecified atom stereocenters. The lowest BCUT2D eigenvalue weighted by atomic mass is 10.1. The van der Waals surface area contributed by atoms with E-state index in [1.54, 1.807) is 21.2 Å². The Morgan fingerprint density at radius 1 is 1.17 bits per heavy atom. The molecule has 0 radical (unpaired) electrons. The number of halogens is 3. The molecule has 3 heterocycles. The van der Waals surface area contributed by atoms with Gasteiger partial charge in [-0.1, -0.05) is 39.3 Å². The number of hydrogen-bond donors (Lipinski definition) is 0. The van der Waals surface area contributed by atoms with Crippen LogP contribution >= 0.6 is 0 Å². The predicted octanol–water partition coefficient (Wildman–Crippen LogP) is 7.57. The Morgan fingerprint density at radius 2 is 1.86 bits per heavy atom. The van der Waals surface area contributed by atoms with E-state index in [-0.39, 0.29) is 18.0 Å². The van der Waals surface area contributed by atoms with Crippen LogP contribution in [0.2, 0.25) is 0 Å². The fraction of sp³-hybridized carbons (Fsp3) is 0.556. The number of nitrogens with zero attached hydrogens (tertiary/aromatic N) is 5. The molecule has 3 aromatic rings. The summed E-state index contributed by atoms with van der Waals surface area (Å²) in [6.07, 6.45) is 2.35. The van der Waals surface area contributed by atoms with Crippen molar-refractivity contribution >= 4 is 22.6 Å². The maximum atomic E-state index is 14.2. The van der Waals surface area contributed by atoms with Gasteiger partial charge in [0.05, 0.1) is 16.9 Å². The standard InChI is InChI=1S/C25H32F3N5.C2H6/c1-6-9-17(5)21(16(3)4)33-23-19(10-8-13-29-23)32-20(15-31(7-2)14-18-11-12-18)22(25(26,27)28)30-24(32)33;1-2/h8-10,13,18H,6-7,11-12,14-15H2,1-5H3;1-2H3/b17-9-;. The van der Waals surface area contributed by atoms with Crippen molar-refractivity contribution in [2.24, 2.45) is 5.92 Å². The van der Waals surface area contributed by atoms with Crippen LogP contribution in [-0.2, 0) is 12.7 Å². The van der Waals surface area contributed by atoms with E-state index in [1.807, 2.05) is 54.5 Å². The minimum atomic E-state index is -4.54. The van der Waals surface area contributed by atoms with Gasteiger partial charge in [0.1, 0.15) is 0 Å². The highest BCUT2D eigenvalue weighted by atomic mass is 19.4. The second-order valence-electron chi connectivity index (χ2n) is 9.14. The molecule has 1 aliphatic rings. The average molecular weight is 490 g/mol. The molecule has 5 nitrogen and oxygen atoms in total. The van der Waals surface area contributed by atoms with Crippen molar-refractivity contribution in [3.8, 4) is 0 Å². The molecule has 192 valence electrons. The van der Waals surface area contributed by atoms with Gasteiger partial charge in [0.2, 0.25) is 5.78 Å². The van der Waals surface area contributed by atoms with Gasteiger partial charge in [-0.15, -0.1) is 0 Å². The Morgan fingerprint density at radius 3 is 2.40 bits per heavy atom. The van der Waals surface area contributed by atoms with Gasteiger partial charge in [-0.25, -0.2) is 9.97 Å². The fourth-order valence-electron chi connectivity index (χ4n) is 4.63. The van der Waals surface area contributed by atoms with E-state index in [2.05, 4.69) is 20.9 Å². The molecular formula is C27H38F3N5. The van der Waals surface area contributed by atoms with E-state index in [9.17, 15) is 13.2 Å². The van der Waals surface area contributed by atoms with Crippen molar-refractivity contribution in [1.82, 2.24) is 23.8 Å². The molecule has 1 saturated carbocycles. The molecule has 35 heavy (non-hydrogen) atoms. The summed E-state index contributed by atoms with van der Waals surface area (Å²) in [7, 11) is 0. The normalized spacial score (nSPS) is 14.5. The van der Waals surface area contributed by atoms with Crippen LogP contribution in [0, 0.1) is 5.92 Å². The maximum Gasteiger partial charge on any atom is 0.435 e.